The molecule has 26 heavy (non-hydrogen) atoms. The number of rotatable bonds is 2. The molecule has 146 valence electrons. The van der Waals surface area contributed by atoms with Crippen LogP contribution < -0.4 is 0 Å². The van der Waals surface area contributed by atoms with E-state index in [1.54, 1.807) is 0 Å². The molecule has 0 amide bonds. The summed E-state index contributed by atoms with van der Waals surface area (Å²) in [5.41, 5.74) is 0.667. The van der Waals surface area contributed by atoms with E-state index in [4.69, 9.17) is 4.74 Å². The summed E-state index contributed by atoms with van der Waals surface area (Å²) in [6, 6.07) is 0. The van der Waals surface area contributed by atoms with Gasteiger partial charge in [0, 0.05) is 12.8 Å². The second-order valence-corrected chi connectivity index (χ2v) is 10.4. The first-order valence-electron chi connectivity index (χ1n) is 10.9. The number of hydrogen-bond donors (Lipinski definition) is 0. The highest BCUT2D eigenvalue weighted by Crippen LogP contribution is 2.67. The van der Waals surface area contributed by atoms with Crippen LogP contribution in [-0.2, 0) is 14.3 Å². The van der Waals surface area contributed by atoms with Gasteiger partial charge in [-0.2, -0.15) is 0 Å². The number of Topliss-reactive ketones (excluding diaryl/α,β-unsaturated/α-hetero) is 1. The van der Waals surface area contributed by atoms with Crippen molar-refractivity contribution in [3.05, 3.63) is 0 Å². The van der Waals surface area contributed by atoms with Crippen LogP contribution in [-0.4, -0.2) is 17.9 Å². The molecule has 0 bridgehead atoms. The first kappa shape index (κ1) is 18.5. The highest BCUT2D eigenvalue weighted by atomic mass is 16.5. The molecule has 4 aliphatic carbocycles. The Morgan fingerprint density at radius 3 is 2.23 bits per heavy atom. The standard InChI is InChI=1S/C23H36O3/c1-14(24)19-7-8-20-18-6-5-16-13-17(26-15(2)25)9-11-22(16,3)21(18)10-12-23(19,20)4/h16-21H,5-13H2,1-4H3/t16-,17-,18+,19+,20-,21-,22+,23-/m1/s1. The fourth-order valence-corrected chi connectivity index (χ4v) is 8.23. The predicted octanol–water partition coefficient (Wildman–Crippen LogP) is 5.17. The molecule has 0 heterocycles. The third-order valence-electron chi connectivity index (χ3n) is 9.44. The largest absolute Gasteiger partial charge is 0.463 e. The summed E-state index contributed by atoms with van der Waals surface area (Å²) < 4.78 is 5.57. The molecule has 4 rings (SSSR count). The Bertz CT molecular complexity index is 598. The number of fused-ring (bicyclic) bond motifs is 5. The molecule has 0 aromatic carbocycles. The van der Waals surface area contributed by atoms with E-state index in [9.17, 15) is 9.59 Å². The van der Waals surface area contributed by atoms with Gasteiger partial charge in [0.1, 0.15) is 11.9 Å². The van der Waals surface area contributed by atoms with Crippen LogP contribution in [0.1, 0.15) is 85.5 Å². The summed E-state index contributed by atoms with van der Waals surface area (Å²) >= 11 is 0. The summed E-state index contributed by atoms with van der Waals surface area (Å²) in [6.07, 6.45) is 11.0. The Hall–Kier alpha value is -0.860. The number of carbonyl (C=O) groups is 2. The lowest BCUT2D eigenvalue weighted by Gasteiger charge is -2.61. The molecule has 4 saturated carbocycles. The smallest absolute Gasteiger partial charge is 0.302 e. The van der Waals surface area contributed by atoms with Gasteiger partial charge in [-0.05, 0) is 99.2 Å². The molecule has 0 aliphatic heterocycles. The third-order valence-corrected chi connectivity index (χ3v) is 9.44. The molecule has 0 unspecified atom stereocenters. The van der Waals surface area contributed by atoms with Crippen molar-refractivity contribution in [3.8, 4) is 0 Å². The van der Waals surface area contributed by atoms with Gasteiger partial charge in [-0.1, -0.05) is 13.8 Å². The molecule has 8 atom stereocenters. The summed E-state index contributed by atoms with van der Waals surface area (Å²) in [5.74, 6) is 3.68. The predicted molar refractivity (Wildman–Crippen MR) is 101 cm³/mol. The Labute approximate surface area is 158 Å². The number of hydrogen-bond acceptors (Lipinski definition) is 3. The van der Waals surface area contributed by atoms with Crippen molar-refractivity contribution in [2.75, 3.05) is 0 Å². The maximum absolute atomic E-state index is 12.2. The van der Waals surface area contributed by atoms with Crippen LogP contribution in [0, 0.1) is 40.4 Å². The molecule has 0 N–H and O–H groups in total. The van der Waals surface area contributed by atoms with Crippen LogP contribution in [0.4, 0.5) is 0 Å². The van der Waals surface area contributed by atoms with Gasteiger partial charge in [-0.15, -0.1) is 0 Å². The summed E-state index contributed by atoms with van der Waals surface area (Å²) in [7, 11) is 0. The molecule has 0 aromatic heterocycles. The first-order chi connectivity index (χ1) is 12.3. The Balaban J connectivity index is 1.54. The molecule has 0 aromatic rings. The first-order valence-corrected chi connectivity index (χ1v) is 10.9. The van der Waals surface area contributed by atoms with Gasteiger partial charge in [0.05, 0.1) is 0 Å². The van der Waals surface area contributed by atoms with Gasteiger partial charge in [0.2, 0.25) is 0 Å². The summed E-state index contributed by atoms with van der Waals surface area (Å²) in [4.78, 5) is 23.6. The van der Waals surface area contributed by atoms with Gasteiger partial charge in [0.25, 0.3) is 0 Å². The molecule has 0 radical (unpaired) electrons. The van der Waals surface area contributed by atoms with Crippen molar-refractivity contribution in [1.29, 1.82) is 0 Å². The van der Waals surface area contributed by atoms with Gasteiger partial charge in [0.15, 0.2) is 0 Å². The summed E-state index contributed by atoms with van der Waals surface area (Å²) in [5, 5.41) is 0. The van der Waals surface area contributed by atoms with Crippen molar-refractivity contribution < 1.29 is 14.3 Å². The van der Waals surface area contributed by atoms with E-state index in [1.807, 2.05) is 6.92 Å². The SMILES string of the molecule is CC(=O)O[C@@H]1CC[C@@]2(C)[C@H](CC[C@@H]3[C@H]2CC[C@@]2(C)[C@@H]3CC[C@H]2C(C)=O)C1. The fraction of sp³-hybridized carbons (Fsp3) is 0.913. The zero-order valence-corrected chi connectivity index (χ0v) is 17.1. The molecule has 0 saturated heterocycles. The van der Waals surface area contributed by atoms with E-state index in [0.717, 1.165) is 37.0 Å². The molecule has 4 fully saturated rings. The van der Waals surface area contributed by atoms with Crippen molar-refractivity contribution in [2.45, 2.75) is 91.6 Å². The van der Waals surface area contributed by atoms with Crippen LogP contribution in [0.25, 0.3) is 0 Å². The van der Waals surface area contributed by atoms with Gasteiger partial charge in [-0.25, -0.2) is 0 Å². The van der Waals surface area contributed by atoms with Gasteiger partial charge in [-0.3, -0.25) is 9.59 Å². The van der Waals surface area contributed by atoms with Crippen LogP contribution in [0.5, 0.6) is 0 Å². The van der Waals surface area contributed by atoms with Crippen LogP contribution in [0.3, 0.4) is 0 Å². The minimum Gasteiger partial charge on any atom is -0.463 e. The van der Waals surface area contributed by atoms with Crippen molar-refractivity contribution in [2.24, 2.45) is 40.4 Å². The Morgan fingerprint density at radius 1 is 0.846 bits per heavy atom. The van der Waals surface area contributed by atoms with Crippen LogP contribution in [0.15, 0.2) is 0 Å². The van der Waals surface area contributed by atoms with Gasteiger partial charge >= 0.3 is 5.97 Å². The number of carbonyl (C=O) groups excluding carboxylic acids is 2. The zero-order valence-electron chi connectivity index (χ0n) is 17.1. The van der Waals surface area contributed by atoms with E-state index in [2.05, 4.69) is 13.8 Å². The van der Waals surface area contributed by atoms with Crippen molar-refractivity contribution in [3.63, 3.8) is 0 Å². The molecule has 0 spiro atoms. The number of ether oxygens (including phenoxy) is 1. The van der Waals surface area contributed by atoms with E-state index in [-0.39, 0.29) is 17.5 Å². The van der Waals surface area contributed by atoms with Gasteiger partial charge < -0.3 is 4.74 Å². The van der Waals surface area contributed by atoms with Crippen molar-refractivity contribution >= 4 is 11.8 Å². The number of esters is 1. The lowest BCUT2D eigenvalue weighted by Crippen LogP contribution is -2.54. The average Bonchev–Trinajstić information content (AvgIpc) is 2.92. The quantitative estimate of drug-likeness (QED) is 0.638. The fourth-order valence-electron chi connectivity index (χ4n) is 8.23. The highest BCUT2D eigenvalue weighted by Gasteiger charge is 2.60. The minimum absolute atomic E-state index is 0.123. The summed E-state index contributed by atoms with van der Waals surface area (Å²) in [6.45, 7) is 8.33. The normalized spacial score (nSPS) is 50.3. The third kappa shape index (κ3) is 2.67. The van der Waals surface area contributed by atoms with E-state index >= 15 is 0 Å². The lowest BCUT2D eigenvalue weighted by atomic mass is 9.44. The molecule has 3 nitrogen and oxygen atoms in total. The Morgan fingerprint density at radius 2 is 1.54 bits per heavy atom. The second-order valence-electron chi connectivity index (χ2n) is 10.4. The Kier molecular flexibility index (Phi) is 4.51. The highest BCUT2D eigenvalue weighted by molar-refractivity contribution is 5.79. The maximum atomic E-state index is 12.2. The van der Waals surface area contributed by atoms with Crippen LogP contribution >= 0.6 is 0 Å². The van der Waals surface area contributed by atoms with Crippen LogP contribution in [0.2, 0.25) is 0 Å². The average molecular weight is 361 g/mol. The molecular weight excluding hydrogens is 324 g/mol. The molecule has 4 aliphatic rings. The maximum Gasteiger partial charge on any atom is 0.302 e. The minimum atomic E-state index is -0.123. The monoisotopic (exact) mass is 360 g/mol. The van der Waals surface area contributed by atoms with Crippen molar-refractivity contribution in [1.82, 2.24) is 0 Å². The van der Waals surface area contributed by atoms with E-state index in [0.29, 0.717) is 23.0 Å². The lowest BCUT2D eigenvalue weighted by molar-refractivity contribution is -0.161. The molecule has 3 heteroatoms. The topological polar surface area (TPSA) is 43.4 Å². The van der Waals surface area contributed by atoms with E-state index in [1.165, 1.54) is 45.4 Å². The number of ketones is 1. The zero-order chi connectivity index (χ0) is 18.7. The molecular formula is C23H36O3. The van der Waals surface area contributed by atoms with E-state index < -0.39 is 0 Å². The second kappa shape index (κ2) is 6.34.